The summed E-state index contributed by atoms with van der Waals surface area (Å²) in [5.74, 6) is -2.10. The molecule has 42 heavy (non-hydrogen) atoms. The third kappa shape index (κ3) is 8.62. The number of halogens is 2. The lowest BCUT2D eigenvalue weighted by atomic mass is 9.83. The summed E-state index contributed by atoms with van der Waals surface area (Å²) in [5, 5.41) is 36.4. The van der Waals surface area contributed by atoms with Crippen LogP contribution in [0.4, 0.5) is 0 Å². The monoisotopic (exact) mass is 628 g/mol. The molecule has 3 rings (SSSR count). The molecule has 0 spiro atoms. The number of aromatic hydroxyl groups is 1. The van der Waals surface area contributed by atoms with Crippen molar-refractivity contribution < 1.29 is 29.7 Å². The Hall–Kier alpha value is -2.80. The number of carbonyl (C=O) groups is 3. The molecular formula is C28H42Cl2N6O6. The van der Waals surface area contributed by atoms with Crippen LogP contribution in [0.5, 0.6) is 5.75 Å². The average Bonchev–Trinajstić information content (AvgIpc) is 3.29. The van der Waals surface area contributed by atoms with Gasteiger partial charge in [-0.05, 0) is 68.1 Å². The van der Waals surface area contributed by atoms with E-state index < -0.39 is 36.1 Å². The van der Waals surface area contributed by atoms with Crippen LogP contribution in [-0.2, 0) is 20.8 Å². The van der Waals surface area contributed by atoms with Crippen molar-refractivity contribution in [3.05, 3.63) is 27.7 Å². The normalized spacial score (nSPS) is 23.2. The van der Waals surface area contributed by atoms with Gasteiger partial charge >= 0.3 is 0 Å². The first-order chi connectivity index (χ1) is 19.8. The Morgan fingerprint density at radius 3 is 2.40 bits per heavy atom. The quantitative estimate of drug-likeness (QED) is 0.101. The highest BCUT2D eigenvalue weighted by molar-refractivity contribution is 6.37. The Bertz CT molecular complexity index is 1140. The van der Waals surface area contributed by atoms with Gasteiger partial charge in [0.15, 0.2) is 11.7 Å². The SMILES string of the molecule is CC(C)C(NC(=O)C(O)Cc1cc(Cl)c(O)c(Cl)c1)C(=O)N1C(C(=O)NCCCCN=C(N)N)CC2CCC(O)CC21. The minimum Gasteiger partial charge on any atom is -0.505 e. The molecule has 14 heteroatoms. The van der Waals surface area contributed by atoms with Crippen molar-refractivity contribution in [1.82, 2.24) is 15.5 Å². The van der Waals surface area contributed by atoms with Crippen LogP contribution in [0.1, 0.15) is 57.9 Å². The molecule has 6 atom stereocenters. The number of hydrogen-bond donors (Lipinski definition) is 7. The number of aliphatic hydroxyl groups excluding tert-OH is 2. The number of amides is 3. The number of hydrogen-bond acceptors (Lipinski definition) is 7. The summed E-state index contributed by atoms with van der Waals surface area (Å²) in [6.07, 6.45) is 1.16. The molecule has 12 nitrogen and oxygen atoms in total. The Morgan fingerprint density at radius 2 is 1.79 bits per heavy atom. The van der Waals surface area contributed by atoms with Crippen molar-refractivity contribution in [1.29, 1.82) is 0 Å². The fourth-order valence-electron chi connectivity index (χ4n) is 5.74. The number of guanidine groups is 1. The number of aliphatic imine (C=N–C) groups is 1. The van der Waals surface area contributed by atoms with Gasteiger partial charge in [-0.15, -0.1) is 0 Å². The van der Waals surface area contributed by atoms with E-state index >= 15 is 0 Å². The molecule has 1 saturated heterocycles. The topological polar surface area (TPSA) is 204 Å². The van der Waals surface area contributed by atoms with Gasteiger partial charge in [-0.1, -0.05) is 37.0 Å². The first kappa shape index (κ1) is 33.7. The number of aliphatic hydroxyl groups is 2. The lowest BCUT2D eigenvalue weighted by Crippen LogP contribution is -2.59. The van der Waals surface area contributed by atoms with E-state index in [1.54, 1.807) is 18.7 Å². The Kier molecular flexibility index (Phi) is 12.1. The highest BCUT2D eigenvalue weighted by atomic mass is 35.5. The number of fused-ring (bicyclic) bond motifs is 1. The summed E-state index contributed by atoms with van der Waals surface area (Å²) in [4.78, 5) is 45.9. The van der Waals surface area contributed by atoms with Gasteiger partial charge in [0.2, 0.25) is 17.7 Å². The van der Waals surface area contributed by atoms with E-state index in [-0.39, 0.29) is 52.0 Å². The first-order valence-electron chi connectivity index (χ1n) is 14.3. The second-order valence-corrected chi connectivity index (χ2v) is 12.3. The molecule has 6 unspecified atom stereocenters. The van der Waals surface area contributed by atoms with Gasteiger partial charge in [-0.3, -0.25) is 19.4 Å². The van der Waals surface area contributed by atoms with Crippen LogP contribution < -0.4 is 22.1 Å². The number of nitrogens with zero attached hydrogens (tertiary/aromatic N) is 2. The second-order valence-electron chi connectivity index (χ2n) is 11.5. The predicted molar refractivity (Wildman–Crippen MR) is 160 cm³/mol. The zero-order valence-electron chi connectivity index (χ0n) is 23.9. The molecular weight excluding hydrogens is 587 g/mol. The van der Waals surface area contributed by atoms with Crippen molar-refractivity contribution in [3.63, 3.8) is 0 Å². The van der Waals surface area contributed by atoms with Gasteiger partial charge in [0.05, 0.1) is 16.1 Å². The van der Waals surface area contributed by atoms with Crippen LogP contribution in [0.3, 0.4) is 0 Å². The van der Waals surface area contributed by atoms with E-state index in [1.165, 1.54) is 12.1 Å². The summed E-state index contributed by atoms with van der Waals surface area (Å²) in [6, 6.07) is 0.676. The molecule has 1 aromatic rings. The molecule has 1 saturated carbocycles. The van der Waals surface area contributed by atoms with Crippen molar-refractivity contribution in [2.24, 2.45) is 28.3 Å². The molecule has 2 aliphatic rings. The zero-order chi connectivity index (χ0) is 31.1. The molecule has 0 radical (unpaired) electrons. The lowest BCUT2D eigenvalue weighted by molar-refractivity contribution is -0.146. The number of likely N-dealkylation sites (tertiary alicyclic amines) is 1. The predicted octanol–water partition coefficient (Wildman–Crippen LogP) is 1.04. The molecule has 9 N–H and O–H groups in total. The molecule has 3 amide bonds. The van der Waals surface area contributed by atoms with E-state index in [2.05, 4.69) is 15.6 Å². The number of phenols is 1. The summed E-state index contributed by atoms with van der Waals surface area (Å²) < 4.78 is 0. The smallest absolute Gasteiger partial charge is 0.249 e. The molecule has 1 aromatic carbocycles. The third-order valence-electron chi connectivity index (χ3n) is 7.92. The fraction of sp³-hybridized carbons (Fsp3) is 0.643. The highest BCUT2D eigenvalue weighted by Gasteiger charge is 2.50. The summed E-state index contributed by atoms with van der Waals surface area (Å²) in [5.41, 5.74) is 11.1. The zero-order valence-corrected chi connectivity index (χ0v) is 25.4. The van der Waals surface area contributed by atoms with Gasteiger partial charge in [-0.25, -0.2) is 0 Å². The number of rotatable bonds is 12. The van der Waals surface area contributed by atoms with Crippen LogP contribution >= 0.6 is 23.2 Å². The maximum absolute atomic E-state index is 14.1. The molecule has 234 valence electrons. The Balaban J connectivity index is 1.72. The van der Waals surface area contributed by atoms with Crippen molar-refractivity contribution >= 4 is 46.9 Å². The van der Waals surface area contributed by atoms with Crippen LogP contribution in [-0.4, -0.2) is 87.3 Å². The van der Waals surface area contributed by atoms with E-state index in [0.717, 1.165) is 0 Å². The largest absolute Gasteiger partial charge is 0.505 e. The number of nitrogens with one attached hydrogen (secondary N) is 2. The number of carbonyl (C=O) groups excluding carboxylic acids is 3. The minimum atomic E-state index is -1.53. The fourth-order valence-corrected chi connectivity index (χ4v) is 6.27. The molecule has 1 heterocycles. The van der Waals surface area contributed by atoms with Crippen LogP contribution in [0.15, 0.2) is 17.1 Å². The van der Waals surface area contributed by atoms with Gasteiger partial charge in [-0.2, -0.15) is 0 Å². The van der Waals surface area contributed by atoms with E-state index in [0.29, 0.717) is 57.2 Å². The van der Waals surface area contributed by atoms with Gasteiger partial charge in [0.1, 0.15) is 18.2 Å². The minimum absolute atomic E-state index is 0.0115. The van der Waals surface area contributed by atoms with Crippen LogP contribution in [0.25, 0.3) is 0 Å². The Morgan fingerprint density at radius 1 is 1.12 bits per heavy atom. The summed E-state index contributed by atoms with van der Waals surface area (Å²) in [7, 11) is 0. The average molecular weight is 630 g/mol. The van der Waals surface area contributed by atoms with Crippen LogP contribution in [0.2, 0.25) is 10.0 Å². The summed E-state index contributed by atoms with van der Waals surface area (Å²) in [6.45, 7) is 4.37. The lowest BCUT2D eigenvalue weighted by Gasteiger charge is -2.38. The standard InChI is InChI=1S/C28H42Cl2N6O6/c1-14(2)23(35-26(41)22(38)11-15-9-18(29)24(39)19(30)10-15)27(42)36-20-13-17(37)6-5-16(20)12-21(36)25(40)33-7-3-4-8-34-28(31)32/h9-10,14,16-17,20-23,37-39H,3-8,11-13H2,1-2H3,(H,33,40)(H,35,41)(H4,31,32,34). The molecule has 2 fully saturated rings. The summed E-state index contributed by atoms with van der Waals surface area (Å²) >= 11 is 11.9. The Labute approximate surface area is 255 Å². The van der Waals surface area contributed by atoms with E-state index in [9.17, 15) is 29.7 Å². The van der Waals surface area contributed by atoms with Gasteiger partial charge < -0.3 is 42.3 Å². The van der Waals surface area contributed by atoms with Gasteiger partial charge in [0.25, 0.3) is 0 Å². The highest BCUT2D eigenvalue weighted by Crippen LogP contribution is 2.40. The number of benzene rings is 1. The maximum atomic E-state index is 14.1. The third-order valence-corrected chi connectivity index (χ3v) is 8.50. The van der Waals surface area contributed by atoms with Crippen molar-refractivity contribution in [3.8, 4) is 5.75 Å². The molecule has 0 aromatic heterocycles. The second kappa shape index (κ2) is 15.1. The first-order valence-corrected chi connectivity index (χ1v) is 15.0. The maximum Gasteiger partial charge on any atom is 0.249 e. The molecule has 0 bridgehead atoms. The van der Waals surface area contributed by atoms with Crippen molar-refractivity contribution in [2.75, 3.05) is 13.1 Å². The van der Waals surface area contributed by atoms with Crippen LogP contribution in [0, 0.1) is 11.8 Å². The van der Waals surface area contributed by atoms with Crippen molar-refractivity contribution in [2.45, 2.75) is 89.1 Å². The van der Waals surface area contributed by atoms with Gasteiger partial charge in [0, 0.05) is 25.6 Å². The number of nitrogens with two attached hydrogens (primary N) is 2. The molecule has 1 aliphatic carbocycles. The number of phenolic OH excluding ortho intramolecular Hbond substituents is 1. The number of unbranched alkanes of at least 4 members (excludes halogenated alkanes) is 1. The molecule has 1 aliphatic heterocycles. The van der Waals surface area contributed by atoms with E-state index in [4.69, 9.17) is 34.7 Å². The van der Waals surface area contributed by atoms with E-state index in [1.807, 2.05) is 0 Å².